The third-order valence-corrected chi connectivity index (χ3v) is 18.2. The van der Waals surface area contributed by atoms with Crippen LogP contribution in [0.1, 0.15) is 89.8 Å². The number of non-ortho nitro benzene ring substituents is 2. The predicted octanol–water partition coefficient (Wildman–Crippen LogP) is 14.3. The number of thioether (sulfide) groups is 3. The Kier molecular flexibility index (Phi) is 44.4. The Hall–Kier alpha value is -8.74. The molecule has 115 heavy (non-hydrogen) atoms. The van der Waals surface area contributed by atoms with Gasteiger partial charge in [0.2, 0.25) is 13.5 Å². The zero-order valence-corrected chi connectivity index (χ0v) is 68.6. The number of benzene rings is 2. The van der Waals surface area contributed by atoms with Gasteiger partial charge in [0.15, 0.2) is 0 Å². The number of nitrogens with zero attached hydrogens (tertiary/aromatic N) is 8. The van der Waals surface area contributed by atoms with E-state index < -0.39 is 95.6 Å². The van der Waals surface area contributed by atoms with Crippen LogP contribution in [0.3, 0.4) is 0 Å². The Labute approximate surface area is 704 Å². The van der Waals surface area contributed by atoms with Crippen LogP contribution in [0.5, 0.6) is 11.5 Å². The first-order valence-electron chi connectivity index (χ1n) is 34.4. The van der Waals surface area contributed by atoms with Crippen LogP contribution in [0.2, 0.25) is 0 Å². The van der Waals surface area contributed by atoms with Gasteiger partial charge in [0.25, 0.3) is 11.4 Å². The third kappa shape index (κ3) is 41.1. The lowest BCUT2D eigenvalue weighted by Gasteiger charge is -2.15. The topological polar surface area (TPSA) is 459 Å². The summed E-state index contributed by atoms with van der Waals surface area (Å²) in [4.78, 5) is 136. The van der Waals surface area contributed by atoms with Crippen molar-refractivity contribution in [2.24, 2.45) is 0 Å². The number of nitro benzene ring substituents is 2. The van der Waals surface area contributed by atoms with Gasteiger partial charge in [0.05, 0.1) is 16.5 Å². The van der Waals surface area contributed by atoms with E-state index in [1.54, 1.807) is 6.20 Å². The first kappa shape index (κ1) is 96.8. The fraction of sp³-hybridized carbons (Fsp3) is 0.400. The minimum atomic E-state index is -1.78. The summed E-state index contributed by atoms with van der Waals surface area (Å²) in [5.41, 5.74) is 1.18. The Balaban J connectivity index is 0.000000294. The van der Waals surface area contributed by atoms with Gasteiger partial charge in [-0.25, -0.2) is 33.6 Å². The second-order valence-corrected chi connectivity index (χ2v) is 31.9. The highest BCUT2D eigenvalue weighted by Crippen LogP contribution is 2.34. The molecular weight excluding hydrogens is 1720 g/mol. The largest absolute Gasteiger partial charge is 0.513 e. The highest BCUT2D eigenvalue weighted by atomic mass is 35.6. The lowest BCUT2D eigenvalue weighted by atomic mass is 10.2. The third-order valence-electron chi connectivity index (χ3n) is 14.2. The van der Waals surface area contributed by atoms with E-state index in [1.165, 1.54) is 128 Å². The molecule has 35 nitrogen and oxygen atoms in total. The van der Waals surface area contributed by atoms with Gasteiger partial charge in [-0.05, 0) is 93.8 Å². The molecule has 3 unspecified atom stereocenters. The molecule has 3 aliphatic heterocycles. The maximum absolute atomic E-state index is 12.3. The normalized spacial score (nSPS) is 17.3. The molecule has 6 atom stereocenters. The molecule has 45 heteroatoms. The number of amides is 3. The fourth-order valence-electron chi connectivity index (χ4n) is 8.92. The zero-order chi connectivity index (χ0) is 84.1. The minimum absolute atomic E-state index is 0.00933. The molecular formula is C70H79Cl7N12O23S3. The molecule has 6 N–H and O–H groups in total. The van der Waals surface area contributed by atoms with E-state index in [0.29, 0.717) is 43.1 Å². The summed E-state index contributed by atoms with van der Waals surface area (Å²) in [6, 6.07) is 14.2. The molecule has 3 saturated heterocycles. The first-order chi connectivity index (χ1) is 54.9. The number of alkyl halides is 6. The summed E-state index contributed by atoms with van der Waals surface area (Å²) in [5.74, 6) is 1.32. The SMILES string of the molecule is CC/C=C\C/C=C\C/C=C\C/C=C\C/C=C\C/C=C\CCC(=O)NCCCC(=O)OC[C@@H]1OC(n2ccc(N)nc2=O)CS1.O=C(Cl)Oc1ccc([N+](=O)[O-])cc1.O=C(Nc1ccn(C2CS[C@H](CO)O2)c(=O)n1)OCC(Cl)(Cl)Cl.O=C(Nc1ccn(C2CS[C@H](COC(=O)Oc3ccc([N+](=O)[O-])cc3)O2)c(=O)n1)OCC(Cl)(Cl)Cl. The molecule has 3 amide bonds. The van der Waals surface area contributed by atoms with E-state index >= 15 is 0 Å². The van der Waals surface area contributed by atoms with Crippen LogP contribution >= 0.6 is 116 Å². The predicted molar refractivity (Wildman–Crippen MR) is 437 cm³/mol. The van der Waals surface area contributed by atoms with Crippen molar-refractivity contribution in [1.82, 2.24) is 34.0 Å². The van der Waals surface area contributed by atoms with Gasteiger partial charge in [-0.1, -0.05) is 149 Å². The Morgan fingerprint density at radius 3 is 1.37 bits per heavy atom. The van der Waals surface area contributed by atoms with Gasteiger partial charge in [-0.3, -0.25) is 54.2 Å². The van der Waals surface area contributed by atoms with Gasteiger partial charge in [-0.2, -0.15) is 15.0 Å². The fourth-order valence-corrected chi connectivity index (χ4v) is 12.3. The van der Waals surface area contributed by atoms with Crippen molar-refractivity contribution in [3.8, 4) is 11.5 Å². The molecule has 5 aromatic rings. The number of nitro groups is 2. The first-order valence-corrected chi connectivity index (χ1v) is 40.2. The number of nitrogens with two attached hydrogens (primary N) is 1. The van der Waals surface area contributed by atoms with Crippen LogP contribution in [0, 0.1) is 20.2 Å². The molecule has 624 valence electrons. The number of aliphatic hydroxyl groups excluding tert-OH is 1. The van der Waals surface area contributed by atoms with Gasteiger partial charge in [-0.15, -0.1) is 35.3 Å². The van der Waals surface area contributed by atoms with Crippen molar-refractivity contribution in [2.75, 3.05) is 73.2 Å². The molecule has 6 heterocycles. The molecule has 0 aliphatic carbocycles. The van der Waals surface area contributed by atoms with Gasteiger partial charge in [0.1, 0.15) is 90.4 Å². The maximum atomic E-state index is 12.3. The van der Waals surface area contributed by atoms with Crippen LogP contribution in [-0.4, -0.2) is 160 Å². The number of esters is 1. The molecule has 0 spiro atoms. The number of ether oxygens (including phenoxy) is 9. The number of aromatic nitrogens is 6. The highest BCUT2D eigenvalue weighted by Gasteiger charge is 2.32. The summed E-state index contributed by atoms with van der Waals surface area (Å²) in [6.45, 7) is 1.39. The Morgan fingerprint density at radius 1 is 0.565 bits per heavy atom. The summed E-state index contributed by atoms with van der Waals surface area (Å²) in [5, 5.41) is 37.2. The standard InChI is InChI=1S/C34H48N4O5S.C18H15Cl3N4O9S.C11H12Cl3N3O5S.C7H4ClNO4/c1-2-3-4-5-6-7-8-9-10-11-12-13-14-15-16-17-18-19-20-22-30(39)36-25-21-23-32(40)42-27-33-43-31(28-44-33)38-26-24-29(35)37-34(38)41;19-18(20,21)9-32-16(27)23-12-5-6-24(15(26)22-12)13-8-35-14(34-13)7-31-17(28)33-11-3-1-10(2-4-11)25(29)30;12-11(13,14)5-21-10(20)16-6-1-2-17(9(19)15-6)7-4-23-8(3-18)22-7;8-7(10)13-6-3-1-5(2-4-6)9(11)12/h3-4,6-7,9-10,12-13,15-16,18-19,24,26,31,33H,2,5,8,11,14,17,20-23,25,27-28H2,1H3,(H,36,39)(H2,35,37,41);1-6,13-14H,7-9H2,(H,22,23,26,27);1-2,7-8,18H,3-5H2,(H,15,16,19,20);1-4H/b4-3-,7-6-,10-9-,13-12-,16-15-,19-18-;;;/t31?,33-;13?,14-;7?,8-;/m111./s1. The molecule has 3 fully saturated rings. The van der Waals surface area contributed by atoms with Gasteiger partial charge >= 0.3 is 46.8 Å². The average molecular weight is 1800 g/mol. The molecule has 0 saturated carbocycles. The number of rotatable bonds is 34. The monoisotopic (exact) mass is 1800 g/mol. The molecule has 3 aromatic heterocycles. The number of nitrogen functional groups attached to an aromatic ring is 1. The number of halogens is 7. The summed E-state index contributed by atoms with van der Waals surface area (Å²) >= 11 is 41.9. The van der Waals surface area contributed by atoms with Gasteiger partial charge in [0, 0.05) is 91.1 Å². The van der Waals surface area contributed by atoms with Crippen LogP contribution in [0.4, 0.5) is 48.0 Å². The highest BCUT2D eigenvalue weighted by molar-refractivity contribution is 8.00. The lowest BCUT2D eigenvalue weighted by molar-refractivity contribution is -0.385. The number of carbonyl (C=O) groups is 6. The summed E-state index contributed by atoms with van der Waals surface area (Å²) in [6.07, 6.45) is 33.2. The molecule has 2 aromatic carbocycles. The number of hydrogen-bond donors (Lipinski definition) is 5. The van der Waals surface area contributed by atoms with Crippen molar-refractivity contribution in [1.29, 1.82) is 0 Å². The minimum Gasteiger partial charge on any atom is -0.462 e. The van der Waals surface area contributed by atoms with Crippen molar-refractivity contribution in [2.45, 2.75) is 114 Å². The summed E-state index contributed by atoms with van der Waals surface area (Å²) in [7, 11) is 0. The number of nitrogens with one attached hydrogen (secondary N) is 3. The van der Waals surface area contributed by atoms with Crippen molar-refractivity contribution in [3.05, 3.63) is 210 Å². The van der Waals surface area contributed by atoms with E-state index in [4.69, 9.17) is 125 Å². The number of carbonyl (C=O) groups excluding carboxylic acids is 6. The van der Waals surface area contributed by atoms with Crippen molar-refractivity contribution in [3.63, 3.8) is 0 Å². The second kappa shape index (κ2) is 52.8. The molecule has 0 radical (unpaired) electrons. The van der Waals surface area contributed by atoms with Crippen LogP contribution in [0.15, 0.2) is 173 Å². The summed E-state index contributed by atoms with van der Waals surface area (Å²) < 4.78 is 46.3. The van der Waals surface area contributed by atoms with Crippen LogP contribution in [-0.2, 0) is 42.7 Å². The van der Waals surface area contributed by atoms with Crippen LogP contribution in [0.25, 0.3) is 0 Å². The average Bonchev–Trinajstić information content (AvgIpc) is 1.78. The number of aliphatic hydroxyl groups is 1. The van der Waals surface area contributed by atoms with E-state index in [2.05, 4.69) is 114 Å². The molecule has 3 aliphatic rings. The van der Waals surface area contributed by atoms with Crippen LogP contribution < -0.4 is 48.2 Å². The number of hydrogen-bond acceptors (Lipinski definition) is 30. The maximum Gasteiger partial charge on any atom is 0.513 e. The van der Waals surface area contributed by atoms with E-state index in [9.17, 15) is 63.4 Å². The van der Waals surface area contributed by atoms with E-state index in [1.807, 2.05) is 6.08 Å². The number of anilines is 3. The molecule has 0 bridgehead atoms. The second-order valence-electron chi connectivity index (χ2n) is 23.0. The van der Waals surface area contributed by atoms with E-state index in [0.717, 1.165) is 38.5 Å². The Morgan fingerprint density at radius 2 is 0.965 bits per heavy atom. The van der Waals surface area contributed by atoms with Gasteiger partial charge < -0.3 is 58.8 Å². The Bertz CT molecular complexity index is 4360. The van der Waals surface area contributed by atoms with Crippen molar-refractivity contribution < 1.29 is 86.4 Å². The van der Waals surface area contributed by atoms with Crippen molar-refractivity contribution >= 4 is 181 Å². The molecule has 8 rings (SSSR count). The zero-order valence-electron chi connectivity index (χ0n) is 60.9. The van der Waals surface area contributed by atoms with E-state index in [-0.39, 0.29) is 89.3 Å². The lowest BCUT2D eigenvalue weighted by Crippen LogP contribution is -2.30. The quantitative estimate of drug-likeness (QED) is 0.00294. The smallest absolute Gasteiger partial charge is 0.462 e. The number of allylic oxidation sites excluding steroid dienone is 12.